The molecule has 0 spiro atoms. The zero-order chi connectivity index (χ0) is 22.2. The average molecular weight is 564 g/mol. The Hall–Kier alpha value is -1.92. The van der Waals surface area contributed by atoms with Gasteiger partial charge >= 0.3 is 6.61 Å². The number of aliphatic imine (C=N–C) groups is 1. The van der Waals surface area contributed by atoms with Crippen molar-refractivity contribution < 1.29 is 22.7 Å². The molecule has 1 atom stereocenters. The SMILES string of the molecule is CN=C(NCc1cc(C)ccc1OC(F)F)NCC(c1ccc(C)o1)N1CCOCC1.I. The van der Waals surface area contributed by atoms with Gasteiger partial charge in [-0.1, -0.05) is 17.7 Å². The molecule has 1 aliphatic rings. The number of furan rings is 1. The minimum absolute atomic E-state index is 0. The Balaban J connectivity index is 0.00000363. The van der Waals surface area contributed by atoms with Crippen molar-refractivity contribution in [1.82, 2.24) is 15.5 Å². The maximum atomic E-state index is 12.7. The molecular weight excluding hydrogens is 533 g/mol. The van der Waals surface area contributed by atoms with Gasteiger partial charge in [0.15, 0.2) is 5.96 Å². The van der Waals surface area contributed by atoms with E-state index in [4.69, 9.17) is 9.15 Å². The van der Waals surface area contributed by atoms with Crippen molar-refractivity contribution in [1.29, 1.82) is 0 Å². The van der Waals surface area contributed by atoms with Gasteiger partial charge in [0.2, 0.25) is 0 Å². The summed E-state index contributed by atoms with van der Waals surface area (Å²) in [5.41, 5.74) is 1.59. The van der Waals surface area contributed by atoms with Crippen molar-refractivity contribution in [3.05, 3.63) is 53.0 Å². The van der Waals surface area contributed by atoms with Gasteiger partial charge in [0.25, 0.3) is 0 Å². The minimum Gasteiger partial charge on any atom is -0.465 e. The smallest absolute Gasteiger partial charge is 0.387 e. The molecular formula is C22H31F2IN4O3. The van der Waals surface area contributed by atoms with Gasteiger partial charge < -0.3 is 24.5 Å². The molecule has 2 heterocycles. The quantitative estimate of drug-likeness (QED) is 0.289. The molecule has 3 rings (SSSR count). The van der Waals surface area contributed by atoms with Crippen LogP contribution < -0.4 is 15.4 Å². The molecule has 1 unspecified atom stereocenters. The third-order valence-corrected chi connectivity index (χ3v) is 5.14. The van der Waals surface area contributed by atoms with Gasteiger partial charge in [-0.3, -0.25) is 9.89 Å². The fraction of sp³-hybridized carbons (Fsp3) is 0.500. The van der Waals surface area contributed by atoms with Crippen LogP contribution in [0.25, 0.3) is 0 Å². The number of aryl methyl sites for hydroxylation is 2. The summed E-state index contributed by atoms with van der Waals surface area (Å²) in [5, 5.41) is 6.51. The van der Waals surface area contributed by atoms with Crippen LogP contribution >= 0.6 is 24.0 Å². The highest BCUT2D eigenvalue weighted by molar-refractivity contribution is 14.0. The molecule has 0 amide bonds. The lowest BCUT2D eigenvalue weighted by atomic mass is 10.1. The molecule has 0 radical (unpaired) electrons. The van der Waals surface area contributed by atoms with Crippen molar-refractivity contribution in [2.75, 3.05) is 39.9 Å². The van der Waals surface area contributed by atoms with E-state index < -0.39 is 6.61 Å². The van der Waals surface area contributed by atoms with E-state index in [0.29, 0.717) is 37.8 Å². The lowest BCUT2D eigenvalue weighted by Crippen LogP contribution is -2.46. The Kier molecular flexibility index (Phi) is 10.7. The van der Waals surface area contributed by atoms with Crippen LogP contribution in [0.15, 0.2) is 39.7 Å². The van der Waals surface area contributed by atoms with E-state index in [-0.39, 0.29) is 35.8 Å². The predicted octanol–water partition coefficient (Wildman–Crippen LogP) is 3.85. The predicted molar refractivity (Wildman–Crippen MR) is 130 cm³/mol. The van der Waals surface area contributed by atoms with Crippen molar-refractivity contribution in [2.45, 2.75) is 33.0 Å². The molecule has 10 heteroatoms. The second-order valence-electron chi connectivity index (χ2n) is 7.41. The summed E-state index contributed by atoms with van der Waals surface area (Å²) in [4.78, 5) is 6.58. The fourth-order valence-corrected chi connectivity index (χ4v) is 3.58. The minimum atomic E-state index is -2.87. The lowest BCUT2D eigenvalue weighted by Gasteiger charge is -2.33. The highest BCUT2D eigenvalue weighted by Gasteiger charge is 2.25. The second kappa shape index (κ2) is 12.9. The van der Waals surface area contributed by atoms with Gasteiger partial charge in [0.05, 0.1) is 19.3 Å². The van der Waals surface area contributed by atoms with Crippen LogP contribution in [-0.4, -0.2) is 57.4 Å². The number of hydrogen-bond donors (Lipinski definition) is 2. The van der Waals surface area contributed by atoms with Crippen LogP contribution in [0, 0.1) is 13.8 Å². The standard InChI is InChI=1S/C22H30F2N4O3.HI/c1-15-4-6-19(31-21(23)24)17(12-15)13-26-22(25-3)27-14-18(20-7-5-16(2)30-20)28-8-10-29-11-9-28;/h4-7,12,18,21H,8-11,13-14H2,1-3H3,(H2,25,26,27);1H. The molecule has 1 saturated heterocycles. The van der Waals surface area contributed by atoms with Gasteiger partial charge in [-0.25, -0.2) is 0 Å². The van der Waals surface area contributed by atoms with E-state index in [1.165, 1.54) is 0 Å². The molecule has 1 aromatic heterocycles. The first-order chi connectivity index (χ1) is 15.0. The first-order valence-corrected chi connectivity index (χ1v) is 10.3. The van der Waals surface area contributed by atoms with Gasteiger partial charge in [0.1, 0.15) is 17.3 Å². The first kappa shape index (κ1) is 26.3. The van der Waals surface area contributed by atoms with Crippen LogP contribution in [0.1, 0.15) is 28.7 Å². The van der Waals surface area contributed by atoms with Crippen LogP contribution in [0.3, 0.4) is 0 Å². The van der Waals surface area contributed by atoms with Crippen molar-refractivity contribution in [2.24, 2.45) is 4.99 Å². The van der Waals surface area contributed by atoms with E-state index in [1.54, 1.807) is 19.2 Å². The molecule has 1 fully saturated rings. The topological polar surface area (TPSA) is 71.3 Å². The second-order valence-corrected chi connectivity index (χ2v) is 7.41. The van der Waals surface area contributed by atoms with Gasteiger partial charge in [0, 0.05) is 38.8 Å². The van der Waals surface area contributed by atoms with Crippen molar-refractivity contribution in [3.8, 4) is 5.75 Å². The Bertz CT molecular complexity index is 873. The Morgan fingerprint density at radius 1 is 1.16 bits per heavy atom. The van der Waals surface area contributed by atoms with Crippen LogP contribution in [0.4, 0.5) is 8.78 Å². The zero-order valence-electron chi connectivity index (χ0n) is 18.6. The van der Waals surface area contributed by atoms with E-state index in [0.717, 1.165) is 30.2 Å². The van der Waals surface area contributed by atoms with Gasteiger partial charge in [-0.05, 0) is 32.0 Å². The van der Waals surface area contributed by atoms with E-state index in [2.05, 4.69) is 25.3 Å². The lowest BCUT2D eigenvalue weighted by molar-refractivity contribution is -0.0504. The zero-order valence-corrected chi connectivity index (χ0v) is 20.9. The van der Waals surface area contributed by atoms with E-state index in [9.17, 15) is 8.78 Å². The third kappa shape index (κ3) is 7.59. The summed E-state index contributed by atoms with van der Waals surface area (Å²) in [7, 11) is 1.67. The maximum Gasteiger partial charge on any atom is 0.387 e. The Morgan fingerprint density at radius 3 is 2.53 bits per heavy atom. The summed E-state index contributed by atoms with van der Waals surface area (Å²) in [5.74, 6) is 2.46. The van der Waals surface area contributed by atoms with Crippen LogP contribution in [0.5, 0.6) is 5.75 Å². The summed E-state index contributed by atoms with van der Waals surface area (Å²) in [6.45, 7) is 4.82. The maximum absolute atomic E-state index is 12.7. The molecule has 1 aromatic carbocycles. The van der Waals surface area contributed by atoms with Gasteiger partial charge in [-0.15, -0.1) is 24.0 Å². The Labute approximate surface area is 204 Å². The Morgan fingerprint density at radius 2 is 1.91 bits per heavy atom. The molecule has 2 N–H and O–H groups in total. The number of benzene rings is 1. The summed E-state index contributed by atoms with van der Waals surface area (Å²) in [6.07, 6.45) is 0. The summed E-state index contributed by atoms with van der Waals surface area (Å²) in [6, 6.07) is 9.09. The van der Waals surface area contributed by atoms with E-state index >= 15 is 0 Å². The third-order valence-electron chi connectivity index (χ3n) is 5.14. The highest BCUT2D eigenvalue weighted by atomic mass is 127. The molecule has 7 nitrogen and oxygen atoms in total. The summed E-state index contributed by atoms with van der Waals surface area (Å²) < 4.78 is 41.4. The summed E-state index contributed by atoms with van der Waals surface area (Å²) >= 11 is 0. The molecule has 0 bridgehead atoms. The molecule has 0 aliphatic carbocycles. The largest absolute Gasteiger partial charge is 0.465 e. The number of alkyl halides is 2. The normalized spacial score (nSPS) is 15.9. The number of morpholine rings is 1. The van der Waals surface area contributed by atoms with Crippen LogP contribution in [0.2, 0.25) is 0 Å². The van der Waals surface area contributed by atoms with E-state index in [1.807, 2.05) is 32.0 Å². The number of guanidine groups is 1. The number of nitrogens with one attached hydrogen (secondary N) is 2. The van der Waals surface area contributed by atoms with Crippen molar-refractivity contribution >= 4 is 29.9 Å². The molecule has 0 saturated carbocycles. The molecule has 1 aliphatic heterocycles. The molecule has 178 valence electrons. The molecule has 2 aromatic rings. The monoisotopic (exact) mass is 564 g/mol. The number of halogens is 3. The average Bonchev–Trinajstić information content (AvgIpc) is 3.18. The van der Waals surface area contributed by atoms with Crippen LogP contribution in [-0.2, 0) is 11.3 Å². The number of rotatable bonds is 8. The number of hydrogen-bond acceptors (Lipinski definition) is 5. The van der Waals surface area contributed by atoms with Crippen molar-refractivity contribution in [3.63, 3.8) is 0 Å². The number of ether oxygens (including phenoxy) is 2. The number of nitrogens with zero attached hydrogens (tertiary/aromatic N) is 2. The van der Waals surface area contributed by atoms with Gasteiger partial charge in [-0.2, -0.15) is 8.78 Å². The molecule has 32 heavy (non-hydrogen) atoms. The first-order valence-electron chi connectivity index (χ1n) is 10.3. The highest BCUT2D eigenvalue weighted by Crippen LogP contribution is 2.24. The fourth-order valence-electron chi connectivity index (χ4n) is 3.58.